The summed E-state index contributed by atoms with van der Waals surface area (Å²) >= 11 is 1.58. The second kappa shape index (κ2) is 11.4. The molecule has 4 aromatic rings. The first-order chi connectivity index (χ1) is 17.3. The van der Waals surface area contributed by atoms with Gasteiger partial charge in [-0.25, -0.2) is 0 Å². The molecule has 0 aliphatic rings. The number of hydrogen-bond donors (Lipinski definition) is 1. The van der Waals surface area contributed by atoms with Crippen LogP contribution in [0.25, 0.3) is 0 Å². The molecule has 3 aromatic carbocycles. The molecule has 0 aliphatic heterocycles. The summed E-state index contributed by atoms with van der Waals surface area (Å²) in [7, 11) is 0. The first-order valence-corrected chi connectivity index (χ1v) is 12.4. The molecule has 0 spiro atoms. The number of rotatable bonds is 9. The zero-order valence-electron chi connectivity index (χ0n) is 19.6. The molecule has 0 radical (unpaired) electrons. The largest absolute Gasteiger partial charge is 0.416 e. The van der Waals surface area contributed by atoms with Crippen molar-refractivity contribution in [3.8, 4) is 0 Å². The van der Waals surface area contributed by atoms with Crippen LogP contribution in [0.5, 0.6) is 0 Å². The Kier molecular flexibility index (Phi) is 8.10. The molecule has 4 rings (SSSR count). The number of amides is 1. The molecule has 0 saturated heterocycles. The fraction of sp³-hybridized carbons (Fsp3) is 0.222. The molecule has 0 bridgehead atoms. The highest BCUT2D eigenvalue weighted by Crippen LogP contribution is 2.29. The molecule has 1 aromatic heterocycles. The molecule has 9 heteroatoms. The highest BCUT2D eigenvalue weighted by atomic mass is 32.2. The van der Waals surface area contributed by atoms with E-state index in [1.807, 2.05) is 30.3 Å². The number of carbonyl (C=O) groups excluding carboxylic acids is 1. The van der Waals surface area contributed by atoms with Crippen LogP contribution < -0.4 is 5.32 Å². The van der Waals surface area contributed by atoms with E-state index in [1.165, 1.54) is 11.6 Å². The monoisotopic (exact) mass is 510 g/mol. The molecule has 36 heavy (non-hydrogen) atoms. The van der Waals surface area contributed by atoms with Crippen molar-refractivity contribution in [2.24, 2.45) is 0 Å². The van der Waals surface area contributed by atoms with Crippen LogP contribution in [0.3, 0.4) is 0 Å². The minimum Gasteiger partial charge on any atom is -0.348 e. The molecule has 0 aliphatic carbocycles. The van der Waals surface area contributed by atoms with Crippen LogP contribution in [0.2, 0.25) is 0 Å². The van der Waals surface area contributed by atoms with Gasteiger partial charge in [0.1, 0.15) is 5.82 Å². The number of halogens is 3. The molecular formula is C27H25F3N4OS. The number of thioether (sulfide) groups is 1. The fourth-order valence-corrected chi connectivity index (χ4v) is 4.67. The van der Waals surface area contributed by atoms with Gasteiger partial charge in [-0.15, -0.1) is 10.2 Å². The standard InChI is InChI=1S/C27H25F3N4OS/c1-2-34-24(16-19-7-4-3-5-8-19)32-33-26(34)36-18-20-11-13-22(14-12-20)25(35)31-17-21-9-6-10-23(15-21)27(28,29)30/h3-15H,2,16-18H2,1H3,(H,31,35). The minimum atomic E-state index is -4.42. The molecule has 0 unspecified atom stereocenters. The Labute approximate surface area is 211 Å². The maximum atomic E-state index is 12.9. The van der Waals surface area contributed by atoms with Crippen LogP contribution in [0.1, 0.15) is 45.4 Å². The predicted molar refractivity (Wildman–Crippen MR) is 134 cm³/mol. The van der Waals surface area contributed by atoms with E-state index in [1.54, 1.807) is 30.0 Å². The van der Waals surface area contributed by atoms with E-state index in [-0.39, 0.29) is 12.5 Å². The topological polar surface area (TPSA) is 59.8 Å². The van der Waals surface area contributed by atoms with Crippen molar-refractivity contribution in [3.63, 3.8) is 0 Å². The first-order valence-electron chi connectivity index (χ1n) is 11.5. The van der Waals surface area contributed by atoms with Gasteiger partial charge >= 0.3 is 6.18 Å². The maximum Gasteiger partial charge on any atom is 0.416 e. The Hall–Kier alpha value is -3.59. The Balaban J connectivity index is 1.32. The van der Waals surface area contributed by atoms with Gasteiger partial charge in [-0.1, -0.05) is 66.4 Å². The van der Waals surface area contributed by atoms with Gasteiger partial charge < -0.3 is 9.88 Å². The average Bonchev–Trinajstić information content (AvgIpc) is 3.27. The van der Waals surface area contributed by atoms with Gasteiger partial charge in [0.05, 0.1) is 5.56 Å². The summed E-state index contributed by atoms with van der Waals surface area (Å²) in [5.74, 6) is 1.23. The summed E-state index contributed by atoms with van der Waals surface area (Å²) < 4.78 is 40.7. The smallest absolute Gasteiger partial charge is 0.348 e. The van der Waals surface area contributed by atoms with Crippen molar-refractivity contribution in [2.75, 3.05) is 0 Å². The van der Waals surface area contributed by atoms with Crippen molar-refractivity contribution in [2.45, 2.75) is 43.5 Å². The van der Waals surface area contributed by atoms with E-state index < -0.39 is 11.7 Å². The molecule has 0 atom stereocenters. The van der Waals surface area contributed by atoms with Crippen LogP contribution >= 0.6 is 11.8 Å². The zero-order chi connectivity index (χ0) is 25.5. The van der Waals surface area contributed by atoms with Crippen molar-refractivity contribution in [1.82, 2.24) is 20.1 Å². The Bertz CT molecular complexity index is 1300. The highest BCUT2D eigenvalue weighted by molar-refractivity contribution is 7.98. The lowest BCUT2D eigenvalue weighted by Gasteiger charge is -2.10. The van der Waals surface area contributed by atoms with Crippen molar-refractivity contribution in [1.29, 1.82) is 0 Å². The van der Waals surface area contributed by atoms with Crippen LogP contribution in [0, 0.1) is 0 Å². The highest BCUT2D eigenvalue weighted by Gasteiger charge is 2.30. The zero-order valence-corrected chi connectivity index (χ0v) is 20.4. The number of nitrogens with one attached hydrogen (secondary N) is 1. The number of alkyl halides is 3. The van der Waals surface area contributed by atoms with Gasteiger partial charge in [-0.05, 0) is 47.9 Å². The lowest BCUT2D eigenvalue weighted by molar-refractivity contribution is -0.137. The van der Waals surface area contributed by atoms with Crippen molar-refractivity contribution < 1.29 is 18.0 Å². The number of benzene rings is 3. The van der Waals surface area contributed by atoms with Gasteiger partial charge in [-0.3, -0.25) is 4.79 Å². The molecule has 0 fully saturated rings. The van der Waals surface area contributed by atoms with E-state index in [2.05, 4.69) is 39.1 Å². The van der Waals surface area contributed by atoms with Crippen LogP contribution in [0.4, 0.5) is 13.2 Å². The van der Waals surface area contributed by atoms with Crippen molar-refractivity contribution in [3.05, 3.63) is 113 Å². The van der Waals surface area contributed by atoms with Gasteiger partial charge in [0.15, 0.2) is 5.16 Å². The maximum absolute atomic E-state index is 12.9. The molecule has 1 heterocycles. The number of aromatic nitrogens is 3. The molecule has 5 nitrogen and oxygen atoms in total. The quantitative estimate of drug-likeness (QED) is 0.275. The minimum absolute atomic E-state index is 0.0122. The van der Waals surface area contributed by atoms with Gasteiger partial charge in [0, 0.05) is 30.8 Å². The van der Waals surface area contributed by atoms with Crippen LogP contribution in [0.15, 0.2) is 84.0 Å². The van der Waals surface area contributed by atoms with E-state index in [4.69, 9.17) is 0 Å². The van der Waals surface area contributed by atoms with E-state index >= 15 is 0 Å². The molecule has 1 N–H and O–H groups in total. The van der Waals surface area contributed by atoms with E-state index in [0.717, 1.165) is 35.2 Å². The molecule has 186 valence electrons. The van der Waals surface area contributed by atoms with Crippen LogP contribution in [-0.2, 0) is 31.4 Å². The predicted octanol–water partition coefficient (Wildman–Crippen LogP) is 6.13. The van der Waals surface area contributed by atoms with E-state index in [9.17, 15) is 18.0 Å². The average molecular weight is 511 g/mol. The van der Waals surface area contributed by atoms with E-state index in [0.29, 0.717) is 23.3 Å². The summed E-state index contributed by atoms with van der Waals surface area (Å²) in [5.41, 5.74) is 2.29. The van der Waals surface area contributed by atoms with Gasteiger partial charge in [0.25, 0.3) is 5.91 Å². The number of carbonyl (C=O) groups is 1. The molecule has 1 amide bonds. The molecular weight excluding hydrogens is 485 g/mol. The Morgan fingerprint density at radius 1 is 0.917 bits per heavy atom. The normalized spacial score (nSPS) is 11.4. The third kappa shape index (κ3) is 6.54. The summed E-state index contributed by atoms with van der Waals surface area (Å²) in [6, 6.07) is 22.2. The summed E-state index contributed by atoms with van der Waals surface area (Å²) in [5, 5.41) is 12.2. The number of nitrogens with zero attached hydrogens (tertiary/aromatic N) is 3. The van der Waals surface area contributed by atoms with Gasteiger partial charge in [0.2, 0.25) is 0 Å². The summed E-state index contributed by atoms with van der Waals surface area (Å²) in [4.78, 5) is 12.5. The first kappa shape index (κ1) is 25.5. The van der Waals surface area contributed by atoms with Gasteiger partial charge in [-0.2, -0.15) is 13.2 Å². The lowest BCUT2D eigenvalue weighted by Crippen LogP contribution is -2.23. The summed E-state index contributed by atoms with van der Waals surface area (Å²) in [6.07, 6.45) is -3.70. The SMILES string of the molecule is CCn1c(Cc2ccccc2)nnc1SCc1ccc(C(=O)NCc2cccc(C(F)(F)F)c2)cc1. The third-order valence-electron chi connectivity index (χ3n) is 5.61. The second-order valence-corrected chi connectivity index (χ2v) is 9.11. The van der Waals surface area contributed by atoms with Crippen LogP contribution in [-0.4, -0.2) is 20.7 Å². The second-order valence-electron chi connectivity index (χ2n) is 8.17. The Morgan fingerprint density at radius 3 is 2.33 bits per heavy atom. The number of hydrogen-bond acceptors (Lipinski definition) is 4. The molecule has 0 saturated carbocycles. The summed E-state index contributed by atoms with van der Waals surface area (Å²) in [6.45, 7) is 2.84. The fourth-order valence-electron chi connectivity index (χ4n) is 3.69. The lowest BCUT2D eigenvalue weighted by atomic mass is 10.1. The third-order valence-corrected chi connectivity index (χ3v) is 6.64. The Morgan fingerprint density at radius 2 is 1.64 bits per heavy atom. The van der Waals surface area contributed by atoms with Crippen molar-refractivity contribution >= 4 is 17.7 Å².